The number of halogens is 1. The molecular formula is C13H9FN2O5. The number of hydrogen-bond acceptors (Lipinski definition) is 5. The van der Waals surface area contributed by atoms with Gasteiger partial charge in [-0.3, -0.25) is 20.1 Å². The van der Waals surface area contributed by atoms with Gasteiger partial charge in [0.25, 0.3) is 5.91 Å². The van der Waals surface area contributed by atoms with Crippen LogP contribution in [0.15, 0.2) is 42.5 Å². The van der Waals surface area contributed by atoms with Crippen LogP contribution in [-0.4, -0.2) is 16.0 Å². The highest BCUT2D eigenvalue weighted by atomic mass is 19.1. The van der Waals surface area contributed by atoms with Crippen LogP contribution < -0.4 is 10.2 Å². The standard InChI is InChI=1S/C13H9FN2O5/c14-9-2-4-10(5-3-9)21-12-6-1-8(13(17)15-18)7-11(12)16(19)20/h1-7,18H,(H,15,17). The molecule has 0 heterocycles. The van der Waals surface area contributed by atoms with E-state index in [1.807, 2.05) is 0 Å². The smallest absolute Gasteiger partial charge is 0.312 e. The van der Waals surface area contributed by atoms with Crippen molar-refractivity contribution in [1.82, 2.24) is 5.48 Å². The first-order chi connectivity index (χ1) is 10.0. The molecule has 0 atom stereocenters. The number of hydrogen-bond donors (Lipinski definition) is 2. The molecule has 2 aromatic rings. The molecule has 0 saturated heterocycles. The number of rotatable bonds is 4. The molecule has 0 bridgehead atoms. The molecule has 108 valence electrons. The lowest BCUT2D eigenvalue weighted by Crippen LogP contribution is -2.18. The summed E-state index contributed by atoms with van der Waals surface area (Å²) in [4.78, 5) is 21.5. The molecule has 2 aromatic carbocycles. The topological polar surface area (TPSA) is 102 Å². The Labute approximate surface area is 117 Å². The number of hydroxylamine groups is 1. The Kier molecular flexibility index (Phi) is 4.10. The fourth-order valence-electron chi connectivity index (χ4n) is 1.58. The number of ether oxygens (including phenoxy) is 1. The molecule has 0 aliphatic rings. The first-order valence-electron chi connectivity index (χ1n) is 5.67. The largest absolute Gasteiger partial charge is 0.450 e. The molecule has 0 unspecified atom stereocenters. The zero-order valence-electron chi connectivity index (χ0n) is 10.4. The van der Waals surface area contributed by atoms with Crippen molar-refractivity contribution in [2.24, 2.45) is 0 Å². The van der Waals surface area contributed by atoms with Gasteiger partial charge < -0.3 is 4.74 Å². The lowest BCUT2D eigenvalue weighted by molar-refractivity contribution is -0.385. The van der Waals surface area contributed by atoms with Crippen molar-refractivity contribution in [3.8, 4) is 11.5 Å². The van der Waals surface area contributed by atoms with Gasteiger partial charge in [0, 0.05) is 11.6 Å². The van der Waals surface area contributed by atoms with Gasteiger partial charge in [0.2, 0.25) is 5.75 Å². The van der Waals surface area contributed by atoms with Crippen LogP contribution >= 0.6 is 0 Å². The number of nitrogens with one attached hydrogen (secondary N) is 1. The Morgan fingerprint density at radius 2 is 1.90 bits per heavy atom. The number of nitro groups is 1. The molecule has 0 fully saturated rings. The maximum Gasteiger partial charge on any atom is 0.312 e. The van der Waals surface area contributed by atoms with Gasteiger partial charge in [0.05, 0.1) is 4.92 Å². The molecule has 0 spiro atoms. The van der Waals surface area contributed by atoms with Crippen molar-refractivity contribution in [1.29, 1.82) is 0 Å². The number of benzene rings is 2. The first kappa shape index (κ1) is 14.4. The average molecular weight is 292 g/mol. The number of carbonyl (C=O) groups excluding carboxylic acids is 1. The van der Waals surface area contributed by atoms with Crippen molar-refractivity contribution in [3.05, 3.63) is 64.0 Å². The van der Waals surface area contributed by atoms with Crippen LogP contribution in [0.2, 0.25) is 0 Å². The number of carbonyl (C=O) groups is 1. The average Bonchev–Trinajstić information content (AvgIpc) is 2.49. The summed E-state index contributed by atoms with van der Waals surface area (Å²) < 4.78 is 18.1. The molecule has 0 radical (unpaired) electrons. The minimum atomic E-state index is -0.883. The van der Waals surface area contributed by atoms with Gasteiger partial charge in [-0.2, -0.15) is 0 Å². The van der Waals surface area contributed by atoms with E-state index in [9.17, 15) is 19.3 Å². The Morgan fingerprint density at radius 1 is 1.24 bits per heavy atom. The lowest BCUT2D eigenvalue weighted by Gasteiger charge is -2.07. The molecule has 21 heavy (non-hydrogen) atoms. The second-order valence-electron chi connectivity index (χ2n) is 3.94. The van der Waals surface area contributed by atoms with Gasteiger partial charge in [-0.1, -0.05) is 0 Å². The van der Waals surface area contributed by atoms with E-state index in [0.29, 0.717) is 0 Å². The minimum Gasteiger partial charge on any atom is -0.450 e. The molecule has 0 aliphatic carbocycles. The highest BCUT2D eigenvalue weighted by Crippen LogP contribution is 2.32. The summed E-state index contributed by atoms with van der Waals surface area (Å²) in [7, 11) is 0. The van der Waals surface area contributed by atoms with E-state index in [0.717, 1.165) is 18.2 Å². The van der Waals surface area contributed by atoms with Crippen molar-refractivity contribution in [2.45, 2.75) is 0 Å². The number of amides is 1. The van der Waals surface area contributed by atoms with Crippen LogP contribution in [0.3, 0.4) is 0 Å². The van der Waals surface area contributed by atoms with Gasteiger partial charge in [0.15, 0.2) is 0 Å². The van der Waals surface area contributed by atoms with Crippen LogP contribution in [0.4, 0.5) is 10.1 Å². The van der Waals surface area contributed by atoms with Crippen molar-refractivity contribution < 1.29 is 24.1 Å². The molecule has 2 N–H and O–H groups in total. The quantitative estimate of drug-likeness (QED) is 0.512. The van der Waals surface area contributed by atoms with Gasteiger partial charge in [0.1, 0.15) is 11.6 Å². The molecule has 0 aliphatic heterocycles. The summed E-state index contributed by atoms with van der Waals surface area (Å²) >= 11 is 0. The first-order valence-corrected chi connectivity index (χ1v) is 5.67. The molecule has 7 nitrogen and oxygen atoms in total. The van der Waals surface area contributed by atoms with E-state index >= 15 is 0 Å². The molecule has 2 rings (SSSR count). The van der Waals surface area contributed by atoms with Gasteiger partial charge in [-0.05, 0) is 36.4 Å². The maximum absolute atomic E-state index is 12.8. The van der Waals surface area contributed by atoms with E-state index in [1.54, 1.807) is 0 Å². The second-order valence-corrected chi connectivity index (χ2v) is 3.94. The van der Waals surface area contributed by atoms with Crippen molar-refractivity contribution in [3.63, 3.8) is 0 Å². The Bertz CT molecular complexity index is 687. The van der Waals surface area contributed by atoms with E-state index in [2.05, 4.69) is 0 Å². The number of nitro benzene ring substituents is 1. The summed E-state index contributed by atoms with van der Waals surface area (Å²) in [6.45, 7) is 0. The van der Waals surface area contributed by atoms with E-state index < -0.39 is 22.3 Å². The van der Waals surface area contributed by atoms with Crippen LogP contribution in [0, 0.1) is 15.9 Å². The lowest BCUT2D eigenvalue weighted by atomic mass is 10.2. The van der Waals surface area contributed by atoms with Crippen LogP contribution in [0.1, 0.15) is 10.4 Å². The molecule has 0 aromatic heterocycles. The summed E-state index contributed by atoms with van der Waals surface area (Å²) in [5.41, 5.74) is 0.820. The summed E-state index contributed by atoms with van der Waals surface area (Å²) in [5.74, 6) is -1.25. The highest BCUT2D eigenvalue weighted by molar-refractivity contribution is 5.94. The van der Waals surface area contributed by atoms with Gasteiger partial charge in [-0.25, -0.2) is 9.87 Å². The number of nitrogens with zero attached hydrogens (tertiary/aromatic N) is 1. The Morgan fingerprint density at radius 3 is 2.48 bits per heavy atom. The highest BCUT2D eigenvalue weighted by Gasteiger charge is 2.19. The minimum absolute atomic E-state index is 0.101. The molecular weight excluding hydrogens is 283 g/mol. The van der Waals surface area contributed by atoms with E-state index in [4.69, 9.17) is 9.94 Å². The van der Waals surface area contributed by atoms with E-state index in [1.165, 1.54) is 29.7 Å². The zero-order chi connectivity index (χ0) is 15.4. The summed E-state index contributed by atoms with van der Waals surface area (Å²) in [5, 5.41) is 19.5. The maximum atomic E-state index is 12.8. The normalized spacial score (nSPS) is 10.0. The summed E-state index contributed by atoms with van der Waals surface area (Å²) in [6.07, 6.45) is 0. The predicted molar refractivity (Wildman–Crippen MR) is 68.8 cm³/mol. The second kappa shape index (κ2) is 5.97. The fourth-order valence-corrected chi connectivity index (χ4v) is 1.58. The molecule has 0 saturated carbocycles. The third kappa shape index (κ3) is 3.31. The Balaban J connectivity index is 2.36. The molecule has 8 heteroatoms. The SMILES string of the molecule is O=C(NO)c1ccc(Oc2ccc(F)cc2)c([N+](=O)[O-])c1. The zero-order valence-corrected chi connectivity index (χ0v) is 10.4. The third-order valence-electron chi connectivity index (χ3n) is 2.56. The van der Waals surface area contributed by atoms with Crippen LogP contribution in [-0.2, 0) is 0 Å². The van der Waals surface area contributed by atoms with Crippen LogP contribution in [0.25, 0.3) is 0 Å². The predicted octanol–water partition coefficient (Wildman–Crippen LogP) is 2.65. The molecule has 1 amide bonds. The third-order valence-corrected chi connectivity index (χ3v) is 2.56. The van der Waals surface area contributed by atoms with Gasteiger partial charge in [-0.15, -0.1) is 0 Å². The van der Waals surface area contributed by atoms with Gasteiger partial charge >= 0.3 is 5.69 Å². The summed E-state index contributed by atoms with van der Waals surface area (Å²) in [6, 6.07) is 8.35. The fraction of sp³-hybridized carbons (Fsp3) is 0. The Hall–Kier alpha value is -3.00. The van der Waals surface area contributed by atoms with Crippen molar-refractivity contribution >= 4 is 11.6 Å². The monoisotopic (exact) mass is 292 g/mol. The van der Waals surface area contributed by atoms with Crippen LogP contribution in [0.5, 0.6) is 11.5 Å². The van der Waals surface area contributed by atoms with E-state index in [-0.39, 0.29) is 17.1 Å². The van der Waals surface area contributed by atoms with Crippen molar-refractivity contribution in [2.75, 3.05) is 0 Å².